The van der Waals surface area contributed by atoms with Crippen LogP contribution in [0, 0.1) is 10.1 Å². The fourth-order valence-corrected chi connectivity index (χ4v) is 3.06. The number of fused-ring (bicyclic) bond motifs is 2. The van der Waals surface area contributed by atoms with E-state index in [0.717, 1.165) is 35.6 Å². The minimum Gasteiger partial charge on any atom is -0.454 e. The Bertz CT molecular complexity index is 760. The van der Waals surface area contributed by atoms with E-state index < -0.39 is 0 Å². The van der Waals surface area contributed by atoms with E-state index in [1.807, 2.05) is 18.2 Å². The monoisotopic (exact) mass is 298 g/mol. The van der Waals surface area contributed by atoms with Crippen LogP contribution in [0.25, 0.3) is 0 Å². The van der Waals surface area contributed by atoms with Crippen molar-refractivity contribution in [2.24, 2.45) is 0 Å². The molecule has 0 bridgehead atoms. The lowest BCUT2D eigenvalue weighted by molar-refractivity contribution is -0.384. The summed E-state index contributed by atoms with van der Waals surface area (Å²) < 4.78 is 10.9. The van der Waals surface area contributed by atoms with Crippen molar-refractivity contribution < 1.29 is 14.4 Å². The number of hydrogen-bond donors (Lipinski definition) is 1. The Morgan fingerprint density at radius 3 is 2.82 bits per heavy atom. The third kappa shape index (κ3) is 2.08. The number of ether oxygens (including phenoxy) is 2. The molecule has 4 rings (SSSR count). The smallest absolute Gasteiger partial charge is 0.269 e. The number of hydrogen-bond acceptors (Lipinski definition) is 5. The van der Waals surface area contributed by atoms with Crippen molar-refractivity contribution in [2.45, 2.75) is 12.5 Å². The van der Waals surface area contributed by atoms with Gasteiger partial charge in [-0.2, -0.15) is 0 Å². The molecule has 0 saturated heterocycles. The molecule has 2 aromatic carbocycles. The van der Waals surface area contributed by atoms with E-state index in [4.69, 9.17) is 9.47 Å². The normalized spacial score (nSPS) is 18.8. The van der Waals surface area contributed by atoms with Crippen LogP contribution in [0.2, 0.25) is 0 Å². The minimum absolute atomic E-state index is 0.0712. The van der Waals surface area contributed by atoms with E-state index in [1.165, 1.54) is 11.6 Å². The van der Waals surface area contributed by atoms with E-state index in [-0.39, 0.29) is 23.4 Å². The van der Waals surface area contributed by atoms with Gasteiger partial charge in [0, 0.05) is 18.7 Å². The number of nitro benzene ring substituents is 1. The number of nitrogens with one attached hydrogen (secondary N) is 1. The molecule has 0 spiro atoms. The SMILES string of the molecule is O=[N+]([O-])c1cccc(C2NCCc3cc4c(cc32)OCO4)c1. The lowest BCUT2D eigenvalue weighted by Gasteiger charge is -2.27. The number of nitrogens with zero attached hydrogens (tertiary/aromatic N) is 1. The molecule has 112 valence electrons. The molecule has 0 aliphatic carbocycles. The number of non-ortho nitro benzene ring substituents is 1. The average molecular weight is 298 g/mol. The summed E-state index contributed by atoms with van der Waals surface area (Å²) in [5, 5.41) is 14.4. The molecule has 2 aliphatic rings. The highest BCUT2D eigenvalue weighted by atomic mass is 16.7. The van der Waals surface area contributed by atoms with Gasteiger partial charge in [-0.3, -0.25) is 10.1 Å². The molecule has 2 aliphatic heterocycles. The maximum atomic E-state index is 11.0. The van der Waals surface area contributed by atoms with Gasteiger partial charge in [-0.15, -0.1) is 0 Å². The molecule has 0 fully saturated rings. The highest BCUT2D eigenvalue weighted by Gasteiger charge is 2.26. The first-order chi connectivity index (χ1) is 10.7. The van der Waals surface area contributed by atoms with Crippen LogP contribution >= 0.6 is 0 Å². The number of rotatable bonds is 2. The van der Waals surface area contributed by atoms with Gasteiger partial charge < -0.3 is 14.8 Å². The summed E-state index contributed by atoms with van der Waals surface area (Å²) in [6.45, 7) is 1.06. The second-order valence-electron chi connectivity index (χ2n) is 5.39. The zero-order chi connectivity index (χ0) is 15.1. The van der Waals surface area contributed by atoms with Gasteiger partial charge >= 0.3 is 0 Å². The maximum Gasteiger partial charge on any atom is 0.269 e. The van der Waals surface area contributed by atoms with E-state index in [9.17, 15) is 10.1 Å². The Kier molecular flexibility index (Phi) is 2.97. The van der Waals surface area contributed by atoms with Crippen molar-refractivity contribution in [1.29, 1.82) is 0 Å². The molecule has 6 heteroatoms. The summed E-state index contributed by atoms with van der Waals surface area (Å²) in [5.74, 6) is 1.51. The fraction of sp³-hybridized carbons (Fsp3) is 0.250. The van der Waals surface area contributed by atoms with Gasteiger partial charge in [0.2, 0.25) is 6.79 Å². The molecule has 6 nitrogen and oxygen atoms in total. The Balaban J connectivity index is 1.79. The van der Waals surface area contributed by atoms with E-state index in [0.29, 0.717) is 0 Å². The minimum atomic E-state index is -0.368. The van der Waals surface area contributed by atoms with Crippen molar-refractivity contribution in [1.82, 2.24) is 5.32 Å². The number of benzene rings is 2. The highest BCUT2D eigenvalue weighted by molar-refractivity contribution is 5.53. The Morgan fingerprint density at radius 2 is 2.00 bits per heavy atom. The summed E-state index contributed by atoms with van der Waals surface area (Å²) >= 11 is 0. The summed E-state index contributed by atoms with van der Waals surface area (Å²) in [5.41, 5.74) is 3.27. The van der Waals surface area contributed by atoms with Crippen LogP contribution in [0.5, 0.6) is 11.5 Å². The summed E-state index contributed by atoms with van der Waals surface area (Å²) in [6.07, 6.45) is 0.900. The Hall–Kier alpha value is -2.60. The van der Waals surface area contributed by atoms with Crippen LogP contribution in [0.1, 0.15) is 22.7 Å². The van der Waals surface area contributed by atoms with Crippen LogP contribution in [-0.4, -0.2) is 18.3 Å². The van der Waals surface area contributed by atoms with Crippen molar-refractivity contribution in [3.63, 3.8) is 0 Å². The van der Waals surface area contributed by atoms with Crippen molar-refractivity contribution in [3.05, 3.63) is 63.2 Å². The fourth-order valence-electron chi connectivity index (χ4n) is 3.06. The molecule has 0 radical (unpaired) electrons. The highest BCUT2D eigenvalue weighted by Crippen LogP contribution is 2.40. The van der Waals surface area contributed by atoms with E-state index >= 15 is 0 Å². The third-order valence-electron chi connectivity index (χ3n) is 4.10. The maximum absolute atomic E-state index is 11.0. The summed E-state index contributed by atoms with van der Waals surface area (Å²) in [4.78, 5) is 10.6. The van der Waals surface area contributed by atoms with Gasteiger partial charge in [0.05, 0.1) is 11.0 Å². The quantitative estimate of drug-likeness (QED) is 0.681. The van der Waals surface area contributed by atoms with E-state index in [2.05, 4.69) is 5.32 Å². The number of nitro groups is 1. The predicted octanol–water partition coefficient (Wildman–Crippen LogP) is 2.56. The first kappa shape index (κ1) is 13.1. The van der Waals surface area contributed by atoms with Crippen molar-refractivity contribution in [2.75, 3.05) is 13.3 Å². The van der Waals surface area contributed by atoms with Crippen LogP contribution in [0.4, 0.5) is 5.69 Å². The first-order valence-electron chi connectivity index (χ1n) is 7.12. The Morgan fingerprint density at radius 1 is 1.18 bits per heavy atom. The van der Waals surface area contributed by atoms with Crippen LogP contribution in [0.3, 0.4) is 0 Å². The van der Waals surface area contributed by atoms with Gasteiger partial charge in [0.1, 0.15) is 0 Å². The molecular weight excluding hydrogens is 284 g/mol. The lowest BCUT2D eigenvalue weighted by Crippen LogP contribution is -2.30. The molecule has 1 atom stereocenters. The molecule has 1 N–H and O–H groups in total. The second kappa shape index (κ2) is 4.99. The van der Waals surface area contributed by atoms with Crippen molar-refractivity contribution >= 4 is 5.69 Å². The van der Waals surface area contributed by atoms with Crippen LogP contribution in [0.15, 0.2) is 36.4 Å². The zero-order valence-electron chi connectivity index (χ0n) is 11.7. The molecule has 0 saturated carbocycles. The topological polar surface area (TPSA) is 73.6 Å². The second-order valence-corrected chi connectivity index (χ2v) is 5.39. The van der Waals surface area contributed by atoms with Gasteiger partial charge in [0.25, 0.3) is 5.69 Å². The molecule has 1 unspecified atom stereocenters. The Labute approximate surface area is 126 Å². The molecular formula is C16H14N2O4. The average Bonchev–Trinajstić information content (AvgIpc) is 2.99. The molecule has 0 amide bonds. The molecule has 0 aromatic heterocycles. The lowest BCUT2D eigenvalue weighted by atomic mass is 9.89. The third-order valence-corrected chi connectivity index (χ3v) is 4.10. The van der Waals surface area contributed by atoms with Crippen LogP contribution < -0.4 is 14.8 Å². The van der Waals surface area contributed by atoms with Crippen LogP contribution in [-0.2, 0) is 6.42 Å². The summed E-state index contributed by atoms with van der Waals surface area (Å²) in [6, 6.07) is 10.7. The van der Waals surface area contributed by atoms with Gasteiger partial charge in [-0.05, 0) is 35.2 Å². The van der Waals surface area contributed by atoms with E-state index in [1.54, 1.807) is 12.1 Å². The zero-order valence-corrected chi connectivity index (χ0v) is 11.7. The molecule has 22 heavy (non-hydrogen) atoms. The van der Waals surface area contributed by atoms with Crippen molar-refractivity contribution in [3.8, 4) is 11.5 Å². The van der Waals surface area contributed by atoms with Gasteiger partial charge in [-0.25, -0.2) is 0 Å². The standard InChI is InChI=1S/C16H14N2O4/c19-18(20)12-3-1-2-11(6-12)16-13-8-15-14(21-9-22-15)7-10(13)4-5-17-16/h1-3,6-8,16-17H,4-5,9H2. The largest absolute Gasteiger partial charge is 0.454 e. The molecule has 2 heterocycles. The molecule has 2 aromatic rings. The predicted molar refractivity (Wildman–Crippen MR) is 79.2 cm³/mol. The first-order valence-corrected chi connectivity index (χ1v) is 7.12. The van der Waals surface area contributed by atoms with Gasteiger partial charge in [-0.1, -0.05) is 12.1 Å². The summed E-state index contributed by atoms with van der Waals surface area (Å²) in [7, 11) is 0. The van der Waals surface area contributed by atoms with Gasteiger partial charge in [0.15, 0.2) is 11.5 Å².